The summed E-state index contributed by atoms with van der Waals surface area (Å²) in [7, 11) is 0. The zero-order chi connectivity index (χ0) is 11.8. The Balaban J connectivity index is 1.93. The quantitative estimate of drug-likeness (QED) is 0.866. The van der Waals surface area contributed by atoms with Gasteiger partial charge in [0.1, 0.15) is 5.52 Å². The highest BCUT2D eigenvalue weighted by Crippen LogP contribution is 2.28. The van der Waals surface area contributed by atoms with Crippen LogP contribution in [0.2, 0.25) is 0 Å². The van der Waals surface area contributed by atoms with Gasteiger partial charge in [-0.05, 0) is 25.0 Å². The molecule has 1 aromatic carbocycles. The molecule has 17 heavy (non-hydrogen) atoms. The van der Waals surface area contributed by atoms with E-state index in [9.17, 15) is 0 Å². The third-order valence-electron chi connectivity index (χ3n) is 2.95. The summed E-state index contributed by atoms with van der Waals surface area (Å²) >= 11 is 3.39. The van der Waals surface area contributed by atoms with E-state index in [1.165, 1.54) is 0 Å². The summed E-state index contributed by atoms with van der Waals surface area (Å²) in [6.45, 7) is 0.846. The molecule has 1 aliphatic heterocycles. The second-order valence-corrected chi connectivity index (χ2v) is 5.21. The molecule has 5 heteroatoms. The number of nitrogens with zero attached hydrogens (tertiary/aromatic N) is 1. The van der Waals surface area contributed by atoms with E-state index in [1.807, 2.05) is 12.1 Å². The minimum Gasteiger partial charge on any atom is -0.438 e. The fraction of sp³-hybridized carbons (Fsp3) is 0.417. The van der Waals surface area contributed by atoms with Gasteiger partial charge in [-0.15, -0.1) is 0 Å². The van der Waals surface area contributed by atoms with Gasteiger partial charge in [0.05, 0.1) is 18.2 Å². The van der Waals surface area contributed by atoms with E-state index in [0.29, 0.717) is 17.2 Å². The average molecular weight is 297 g/mol. The number of fused-ring (bicyclic) bond motifs is 1. The number of hydrogen-bond donors (Lipinski definition) is 1. The predicted molar refractivity (Wildman–Crippen MR) is 68.8 cm³/mol. The van der Waals surface area contributed by atoms with E-state index in [-0.39, 0.29) is 6.10 Å². The van der Waals surface area contributed by atoms with Gasteiger partial charge in [0.2, 0.25) is 0 Å². The normalized spacial score (nSPS) is 20.2. The third-order valence-corrected chi connectivity index (χ3v) is 3.41. The molecular formula is C12H13BrN2O2. The van der Waals surface area contributed by atoms with Gasteiger partial charge in [-0.2, -0.15) is 0 Å². The van der Waals surface area contributed by atoms with Crippen molar-refractivity contribution in [1.82, 2.24) is 4.98 Å². The van der Waals surface area contributed by atoms with Gasteiger partial charge >= 0.3 is 0 Å². The van der Waals surface area contributed by atoms with Crippen LogP contribution in [0.5, 0.6) is 0 Å². The maximum Gasteiger partial charge on any atom is 0.198 e. The molecule has 1 saturated heterocycles. The summed E-state index contributed by atoms with van der Waals surface area (Å²) in [6, 6.07) is 3.73. The van der Waals surface area contributed by atoms with Crippen molar-refractivity contribution < 1.29 is 9.15 Å². The third kappa shape index (κ3) is 2.17. The molecule has 1 fully saturated rings. The van der Waals surface area contributed by atoms with Gasteiger partial charge in [-0.1, -0.05) is 15.9 Å². The lowest BCUT2D eigenvalue weighted by atomic mass is 10.2. The van der Waals surface area contributed by atoms with Crippen LogP contribution in [-0.4, -0.2) is 17.7 Å². The summed E-state index contributed by atoms with van der Waals surface area (Å²) in [4.78, 5) is 4.44. The molecule has 0 saturated carbocycles. The first kappa shape index (κ1) is 11.0. The lowest BCUT2D eigenvalue weighted by Gasteiger charge is -2.04. The van der Waals surface area contributed by atoms with Crippen LogP contribution in [0.15, 0.2) is 21.0 Å². The Bertz CT molecular complexity index is 547. The van der Waals surface area contributed by atoms with Crippen molar-refractivity contribution in [2.45, 2.75) is 25.4 Å². The van der Waals surface area contributed by atoms with E-state index in [1.54, 1.807) is 0 Å². The molecule has 0 radical (unpaired) electrons. The van der Waals surface area contributed by atoms with Crippen LogP contribution in [0, 0.1) is 0 Å². The highest BCUT2D eigenvalue weighted by molar-refractivity contribution is 9.10. The smallest absolute Gasteiger partial charge is 0.198 e. The number of nitrogen functional groups attached to an aromatic ring is 1. The lowest BCUT2D eigenvalue weighted by molar-refractivity contribution is 0.106. The van der Waals surface area contributed by atoms with Gasteiger partial charge in [0.25, 0.3) is 0 Å². The number of oxazole rings is 1. The van der Waals surface area contributed by atoms with Crippen LogP contribution < -0.4 is 5.73 Å². The summed E-state index contributed by atoms with van der Waals surface area (Å²) in [6.07, 6.45) is 3.18. The van der Waals surface area contributed by atoms with Crippen LogP contribution in [-0.2, 0) is 11.2 Å². The molecule has 1 aliphatic rings. The number of benzene rings is 1. The SMILES string of the molecule is Nc1cc(Br)cc2nc(CC3CCCO3)oc12. The number of aromatic nitrogens is 1. The minimum absolute atomic E-state index is 0.243. The Morgan fingerprint density at radius 3 is 3.12 bits per heavy atom. The molecular weight excluding hydrogens is 284 g/mol. The fourth-order valence-electron chi connectivity index (χ4n) is 2.16. The standard InChI is InChI=1S/C12H13BrN2O2/c13-7-4-9(14)12-10(5-7)15-11(17-12)6-8-2-1-3-16-8/h4-5,8H,1-3,6,14H2. The Kier molecular flexibility index (Phi) is 2.80. The molecule has 0 aliphatic carbocycles. The molecule has 0 spiro atoms. The molecule has 1 aromatic heterocycles. The molecule has 1 unspecified atom stereocenters. The number of nitrogens with two attached hydrogens (primary N) is 1. The average Bonchev–Trinajstić information content (AvgIpc) is 2.87. The molecule has 0 bridgehead atoms. The van der Waals surface area contributed by atoms with Crippen LogP contribution >= 0.6 is 15.9 Å². The highest BCUT2D eigenvalue weighted by atomic mass is 79.9. The first-order chi connectivity index (χ1) is 8.22. The lowest BCUT2D eigenvalue weighted by Crippen LogP contribution is -2.08. The first-order valence-electron chi connectivity index (χ1n) is 5.68. The van der Waals surface area contributed by atoms with E-state index in [0.717, 1.165) is 35.9 Å². The van der Waals surface area contributed by atoms with Gasteiger partial charge in [0, 0.05) is 11.1 Å². The van der Waals surface area contributed by atoms with Crippen LogP contribution in [0.3, 0.4) is 0 Å². The van der Waals surface area contributed by atoms with E-state index >= 15 is 0 Å². The second kappa shape index (κ2) is 4.31. The first-order valence-corrected chi connectivity index (χ1v) is 6.48. The van der Waals surface area contributed by atoms with E-state index in [4.69, 9.17) is 14.9 Å². The summed E-state index contributed by atoms with van der Waals surface area (Å²) < 4.78 is 12.2. The maximum atomic E-state index is 5.88. The topological polar surface area (TPSA) is 61.3 Å². The number of rotatable bonds is 2. The number of hydrogen-bond acceptors (Lipinski definition) is 4. The number of ether oxygens (including phenoxy) is 1. The summed E-state index contributed by atoms with van der Waals surface area (Å²) in [5.74, 6) is 0.705. The fourth-order valence-corrected chi connectivity index (χ4v) is 2.62. The molecule has 3 rings (SSSR count). The minimum atomic E-state index is 0.243. The van der Waals surface area contributed by atoms with Crippen molar-refractivity contribution in [3.8, 4) is 0 Å². The summed E-state index contributed by atoms with van der Waals surface area (Å²) in [5, 5.41) is 0. The Morgan fingerprint density at radius 1 is 1.47 bits per heavy atom. The van der Waals surface area contributed by atoms with Crippen molar-refractivity contribution in [3.05, 3.63) is 22.5 Å². The van der Waals surface area contributed by atoms with Crippen LogP contribution in [0.25, 0.3) is 11.1 Å². The van der Waals surface area contributed by atoms with Crippen LogP contribution in [0.4, 0.5) is 5.69 Å². The van der Waals surface area contributed by atoms with Crippen molar-refractivity contribution in [1.29, 1.82) is 0 Å². The van der Waals surface area contributed by atoms with Crippen molar-refractivity contribution in [2.24, 2.45) is 0 Å². The molecule has 1 atom stereocenters. The Labute approximate surface area is 107 Å². The maximum absolute atomic E-state index is 5.88. The highest BCUT2D eigenvalue weighted by Gasteiger charge is 2.19. The van der Waals surface area contributed by atoms with Crippen molar-refractivity contribution >= 4 is 32.7 Å². The number of anilines is 1. The Morgan fingerprint density at radius 2 is 2.35 bits per heavy atom. The van der Waals surface area contributed by atoms with Crippen molar-refractivity contribution in [3.63, 3.8) is 0 Å². The van der Waals surface area contributed by atoms with Gasteiger partial charge in [-0.25, -0.2) is 4.98 Å². The van der Waals surface area contributed by atoms with E-state index < -0.39 is 0 Å². The Hall–Kier alpha value is -1.07. The molecule has 0 amide bonds. The number of halogens is 1. The second-order valence-electron chi connectivity index (χ2n) is 4.29. The summed E-state index contributed by atoms with van der Waals surface area (Å²) in [5.41, 5.74) is 7.96. The monoisotopic (exact) mass is 296 g/mol. The van der Waals surface area contributed by atoms with Gasteiger partial charge in [-0.3, -0.25) is 0 Å². The molecule has 4 nitrogen and oxygen atoms in total. The van der Waals surface area contributed by atoms with Gasteiger partial charge in [0.15, 0.2) is 11.5 Å². The zero-order valence-corrected chi connectivity index (χ0v) is 10.9. The molecule has 90 valence electrons. The van der Waals surface area contributed by atoms with Crippen molar-refractivity contribution in [2.75, 3.05) is 12.3 Å². The molecule has 2 aromatic rings. The largest absolute Gasteiger partial charge is 0.438 e. The molecule has 2 heterocycles. The zero-order valence-electron chi connectivity index (χ0n) is 9.28. The van der Waals surface area contributed by atoms with Gasteiger partial charge < -0.3 is 14.9 Å². The predicted octanol–water partition coefficient (Wildman–Crippen LogP) is 2.89. The molecule has 2 N–H and O–H groups in total. The van der Waals surface area contributed by atoms with Crippen LogP contribution in [0.1, 0.15) is 18.7 Å². The van der Waals surface area contributed by atoms with E-state index in [2.05, 4.69) is 20.9 Å².